The zero-order valence-corrected chi connectivity index (χ0v) is 15.5. The monoisotopic (exact) mass is 348 g/mol. The molecule has 0 fully saturated rings. The zero-order valence-electron chi connectivity index (χ0n) is 15.5. The van der Waals surface area contributed by atoms with Crippen molar-refractivity contribution >= 4 is 5.91 Å². The van der Waals surface area contributed by atoms with Crippen molar-refractivity contribution in [3.05, 3.63) is 77.2 Å². The second kappa shape index (κ2) is 8.00. The third kappa shape index (κ3) is 4.20. The molecule has 1 N–H and O–H groups in total. The zero-order chi connectivity index (χ0) is 18.5. The van der Waals surface area contributed by atoms with Gasteiger partial charge < -0.3 is 9.84 Å². The highest BCUT2D eigenvalue weighted by atomic mass is 16.5. The Balaban J connectivity index is 1.57. The molecule has 134 valence electrons. The van der Waals surface area contributed by atoms with E-state index in [4.69, 9.17) is 4.52 Å². The number of aryl methyl sites for hydroxylation is 2. The molecular weight excluding hydrogens is 324 g/mol. The van der Waals surface area contributed by atoms with Crippen LogP contribution >= 0.6 is 0 Å². The number of hydrogen-bond acceptors (Lipinski definition) is 3. The minimum atomic E-state index is -0.0306. The van der Waals surface area contributed by atoms with Crippen LogP contribution < -0.4 is 5.32 Å². The van der Waals surface area contributed by atoms with Gasteiger partial charge in [0.2, 0.25) is 5.91 Å². The summed E-state index contributed by atoms with van der Waals surface area (Å²) in [4.78, 5) is 12.3. The summed E-state index contributed by atoms with van der Waals surface area (Å²) in [7, 11) is 0. The number of carbonyl (C=O) groups is 1. The lowest BCUT2D eigenvalue weighted by Gasteiger charge is -2.15. The number of rotatable bonds is 6. The number of carbonyl (C=O) groups excluding carboxylic acids is 1. The number of amides is 1. The van der Waals surface area contributed by atoms with Gasteiger partial charge in [-0.25, -0.2) is 0 Å². The highest BCUT2D eigenvalue weighted by molar-refractivity contribution is 5.76. The van der Waals surface area contributed by atoms with E-state index >= 15 is 0 Å². The molecule has 0 aliphatic rings. The molecule has 1 aromatic heterocycles. The number of hydrogen-bond donors (Lipinski definition) is 1. The molecule has 0 saturated heterocycles. The van der Waals surface area contributed by atoms with Gasteiger partial charge >= 0.3 is 0 Å². The Morgan fingerprint density at radius 2 is 1.69 bits per heavy atom. The van der Waals surface area contributed by atoms with Gasteiger partial charge in [0.05, 0.1) is 11.7 Å². The molecule has 0 radical (unpaired) electrons. The fraction of sp³-hybridized carbons (Fsp3) is 0.273. The van der Waals surface area contributed by atoms with Crippen LogP contribution in [0.25, 0.3) is 11.1 Å². The molecule has 3 rings (SSSR count). The first-order valence-electron chi connectivity index (χ1n) is 8.91. The molecule has 4 heteroatoms. The summed E-state index contributed by atoms with van der Waals surface area (Å²) in [5, 5.41) is 7.00. The molecule has 1 amide bonds. The summed E-state index contributed by atoms with van der Waals surface area (Å²) in [6.07, 6.45) is 1.07. The first-order valence-corrected chi connectivity index (χ1v) is 8.91. The van der Waals surface area contributed by atoms with Crippen LogP contribution in [-0.4, -0.2) is 11.1 Å². The molecule has 4 nitrogen and oxygen atoms in total. The molecule has 1 atom stereocenters. The largest absolute Gasteiger partial charge is 0.361 e. The summed E-state index contributed by atoms with van der Waals surface area (Å²) in [5.74, 6) is 0.824. The Bertz CT molecular complexity index is 847. The molecule has 26 heavy (non-hydrogen) atoms. The van der Waals surface area contributed by atoms with Crippen LogP contribution in [0.4, 0.5) is 0 Å². The highest BCUT2D eigenvalue weighted by Crippen LogP contribution is 2.22. The van der Waals surface area contributed by atoms with Gasteiger partial charge in [-0.15, -0.1) is 0 Å². The van der Waals surface area contributed by atoms with Crippen molar-refractivity contribution in [2.24, 2.45) is 0 Å². The van der Waals surface area contributed by atoms with Crippen LogP contribution in [0.3, 0.4) is 0 Å². The smallest absolute Gasteiger partial charge is 0.220 e. The highest BCUT2D eigenvalue weighted by Gasteiger charge is 2.13. The first kappa shape index (κ1) is 17.9. The molecule has 0 spiro atoms. The van der Waals surface area contributed by atoms with Crippen molar-refractivity contribution in [1.82, 2.24) is 10.5 Å². The fourth-order valence-corrected chi connectivity index (χ4v) is 3.09. The van der Waals surface area contributed by atoms with Gasteiger partial charge in [-0.1, -0.05) is 59.8 Å². The van der Waals surface area contributed by atoms with E-state index in [-0.39, 0.29) is 11.9 Å². The molecule has 0 aliphatic carbocycles. The minimum absolute atomic E-state index is 0.0306. The van der Waals surface area contributed by atoms with Crippen LogP contribution in [0.2, 0.25) is 0 Å². The second-order valence-corrected chi connectivity index (χ2v) is 6.58. The van der Waals surface area contributed by atoms with Crippen LogP contribution in [0.5, 0.6) is 0 Å². The van der Waals surface area contributed by atoms with E-state index in [9.17, 15) is 4.79 Å². The third-order valence-corrected chi connectivity index (χ3v) is 4.68. The van der Waals surface area contributed by atoms with Gasteiger partial charge in [0, 0.05) is 12.0 Å². The van der Waals surface area contributed by atoms with Crippen molar-refractivity contribution in [1.29, 1.82) is 0 Å². The van der Waals surface area contributed by atoms with Crippen molar-refractivity contribution < 1.29 is 9.32 Å². The Kier molecular flexibility index (Phi) is 5.52. The van der Waals surface area contributed by atoms with E-state index in [2.05, 4.69) is 46.9 Å². The summed E-state index contributed by atoms with van der Waals surface area (Å²) >= 11 is 0. The average molecular weight is 348 g/mol. The number of aromatic nitrogens is 1. The van der Waals surface area contributed by atoms with E-state index in [1.807, 2.05) is 39.0 Å². The van der Waals surface area contributed by atoms with Crippen LogP contribution in [-0.2, 0) is 11.2 Å². The molecular formula is C22H24N2O2. The number of nitrogens with one attached hydrogen (secondary N) is 1. The molecule has 0 aliphatic heterocycles. The normalized spacial score (nSPS) is 12.0. The average Bonchev–Trinajstić information content (AvgIpc) is 2.98. The van der Waals surface area contributed by atoms with Crippen molar-refractivity contribution in [2.75, 3.05) is 0 Å². The Morgan fingerprint density at radius 3 is 2.31 bits per heavy atom. The maximum atomic E-state index is 12.3. The van der Waals surface area contributed by atoms with E-state index in [1.165, 1.54) is 11.1 Å². The lowest BCUT2D eigenvalue weighted by Crippen LogP contribution is -2.26. The molecule has 0 bridgehead atoms. The van der Waals surface area contributed by atoms with Crippen LogP contribution in [0.15, 0.2) is 59.1 Å². The second-order valence-electron chi connectivity index (χ2n) is 6.58. The molecule has 0 saturated carbocycles. The summed E-state index contributed by atoms with van der Waals surface area (Å²) in [6, 6.07) is 18.6. The van der Waals surface area contributed by atoms with Crippen molar-refractivity contribution in [2.45, 2.75) is 39.7 Å². The summed E-state index contributed by atoms with van der Waals surface area (Å²) < 4.78 is 5.14. The van der Waals surface area contributed by atoms with Crippen LogP contribution in [0.1, 0.15) is 42.0 Å². The van der Waals surface area contributed by atoms with Gasteiger partial charge in [-0.2, -0.15) is 0 Å². The van der Waals surface area contributed by atoms with E-state index in [1.54, 1.807) is 0 Å². The molecule has 1 unspecified atom stereocenters. The quantitative estimate of drug-likeness (QED) is 0.698. The Hall–Kier alpha value is -2.88. The summed E-state index contributed by atoms with van der Waals surface area (Å²) in [5.41, 5.74) is 5.34. The molecule has 2 aromatic carbocycles. The standard InChI is InChI=1S/C22H24N2O2/c1-15(23-22(25)14-13-21-16(2)24-26-17(21)3)18-9-11-20(12-10-18)19-7-5-4-6-8-19/h4-12,15H,13-14H2,1-3H3,(H,23,25). The van der Waals surface area contributed by atoms with Gasteiger partial charge in [0.15, 0.2) is 0 Å². The minimum Gasteiger partial charge on any atom is -0.361 e. The SMILES string of the molecule is Cc1noc(C)c1CCC(=O)NC(C)c1ccc(-c2ccccc2)cc1. The van der Waals surface area contributed by atoms with E-state index in [0.29, 0.717) is 12.8 Å². The maximum absolute atomic E-state index is 12.3. The van der Waals surface area contributed by atoms with Gasteiger partial charge in [0.25, 0.3) is 0 Å². The first-order chi connectivity index (χ1) is 12.5. The predicted molar refractivity (Wildman–Crippen MR) is 103 cm³/mol. The van der Waals surface area contributed by atoms with Gasteiger partial charge in [-0.05, 0) is 43.9 Å². The summed E-state index contributed by atoms with van der Waals surface area (Å²) in [6.45, 7) is 5.79. The topological polar surface area (TPSA) is 55.1 Å². The van der Waals surface area contributed by atoms with Crippen LogP contribution in [0, 0.1) is 13.8 Å². The Labute approximate surface area is 154 Å². The number of benzene rings is 2. The van der Waals surface area contributed by atoms with Gasteiger partial charge in [0.1, 0.15) is 5.76 Å². The lowest BCUT2D eigenvalue weighted by atomic mass is 10.0. The third-order valence-electron chi connectivity index (χ3n) is 4.68. The number of nitrogens with zero attached hydrogens (tertiary/aromatic N) is 1. The predicted octanol–water partition coefficient (Wildman–Crippen LogP) is 4.77. The molecule has 3 aromatic rings. The fourth-order valence-electron chi connectivity index (χ4n) is 3.09. The van der Waals surface area contributed by atoms with Crippen molar-refractivity contribution in [3.63, 3.8) is 0 Å². The lowest BCUT2D eigenvalue weighted by molar-refractivity contribution is -0.121. The maximum Gasteiger partial charge on any atom is 0.220 e. The van der Waals surface area contributed by atoms with Crippen molar-refractivity contribution in [3.8, 4) is 11.1 Å². The Morgan fingerprint density at radius 1 is 1.04 bits per heavy atom. The van der Waals surface area contributed by atoms with Gasteiger partial charge in [-0.3, -0.25) is 4.79 Å². The van der Waals surface area contributed by atoms with E-state index in [0.717, 1.165) is 22.6 Å². The molecule has 1 heterocycles. The van der Waals surface area contributed by atoms with E-state index < -0.39 is 0 Å².